The molecule has 104 valence electrons. The fourth-order valence-electron chi connectivity index (χ4n) is 2.43. The largest absolute Gasteiger partial charge is 0.379 e. The minimum Gasteiger partial charge on any atom is -0.379 e. The molecule has 0 amide bonds. The summed E-state index contributed by atoms with van der Waals surface area (Å²) in [5.74, 6) is -0.739. The maximum atomic E-state index is 13.7. The predicted molar refractivity (Wildman–Crippen MR) is 69.6 cm³/mol. The Morgan fingerprint density at radius 1 is 1.53 bits per heavy atom. The number of rotatable bonds is 4. The quantitative estimate of drug-likeness (QED) is 0.781. The number of halogens is 1. The summed E-state index contributed by atoms with van der Waals surface area (Å²) < 4.78 is 19.1. The second kappa shape index (κ2) is 5.75. The third kappa shape index (κ3) is 2.67. The molecule has 5 heteroatoms. The molecule has 1 aromatic rings. The van der Waals surface area contributed by atoms with Crippen molar-refractivity contribution in [3.8, 4) is 0 Å². The van der Waals surface area contributed by atoms with Crippen molar-refractivity contribution in [1.29, 1.82) is 0 Å². The van der Waals surface area contributed by atoms with Gasteiger partial charge in [-0.25, -0.2) is 4.39 Å². The van der Waals surface area contributed by atoms with E-state index in [1.165, 1.54) is 12.3 Å². The topological polar surface area (TPSA) is 42.4 Å². The number of carbonyl (C=O) groups excluding carboxylic acids is 1. The van der Waals surface area contributed by atoms with Crippen LogP contribution >= 0.6 is 0 Å². The molecule has 0 saturated carbocycles. The number of pyridine rings is 1. The fraction of sp³-hybridized carbons (Fsp3) is 0.571. The van der Waals surface area contributed by atoms with Gasteiger partial charge in [0.1, 0.15) is 0 Å². The maximum absolute atomic E-state index is 13.7. The molecule has 0 spiro atoms. The van der Waals surface area contributed by atoms with E-state index >= 15 is 0 Å². The van der Waals surface area contributed by atoms with Gasteiger partial charge >= 0.3 is 0 Å². The summed E-state index contributed by atoms with van der Waals surface area (Å²) in [4.78, 5) is 18.4. The van der Waals surface area contributed by atoms with Crippen LogP contribution in [0.5, 0.6) is 0 Å². The van der Waals surface area contributed by atoms with E-state index < -0.39 is 11.4 Å². The first-order chi connectivity index (χ1) is 9.09. The van der Waals surface area contributed by atoms with Crippen molar-refractivity contribution in [2.45, 2.75) is 25.8 Å². The molecule has 1 aliphatic heterocycles. The molecule has 0 N–H and O–H groups in total. The molecule has 1 unspecified atom stereocenters. The van der Waals surface area contributed by atoms with E-state index in [0.29, 0.717) is 32.7 Å². The zero-order chi connectivity index (χ0) is 13.9. The molecule has 1 atom stereocenters. The van der Waals surface area contributed by atoms with Gasteiger partial charge in [0.25, 0.3) is 0 Å². The van der Waals surface area contributed by atoms with E-state index in [4.69, 9.17) is 4.74 Å². The number of aromatic nitrogens is 1. The normalized spacial score (nSPS) is 19.9. The summed E-state index contributed by atoms with van der Waals surface area (Å²) >= 11 is 0. The first-order valence-electron chi connectivity index (χ1n) is 6.56. The highest BCUT2D eigenvalue weighted by Crippen LogP contribution is 2.26. The van der Waals surface area contributed by atoms with Crippen molar-refractivity contribution in [3.05, 3.63) is 29.8 Å². The van der Waals surface area contributed by atoms with Crippen LogP contribution in [0.25, 0.3) is 0 Å². The molecular formula is C14H19FN2O2. The lowest BCUT2D eigenvalue weighted by atomic mass is 9.86. The van der Waals surface area contributed by atoms with Crippen molar-refractivity contribution in [1.82, 2.24) is 9.88 Å². The fourth-order valence-corrected chi connectivity index (χ4v) is 2.43. The highest BCUT2D eigenvalue weighted by molar-refractivity contribution is 6.03. The zero-order valence-corrected chi connectivity index (χ0v) is 11.4. The van der Waals surface area contributed by atoms with Gasteiger partial charge in [-0.2, -0.15) is 0 Å². The van der Waals surface area contributed by atoms with Crippen molar-refractivity contribution in [2.75, 3.05) is 26.3 Å². The summed E-state index contributed by atoms with van der Waals surface area (Å²) in [6.45, 7) is 6.45. The minimum atomic E-state index is -0.689. The van der Waals surface area contributed by atoms with Gasteiger partial charge in [-0.05, 0) is 19.4 Å². The molecule has 0 aliphatic carbocycles. The number of carbonyl (C=O) groups is 1. The van der Waals surface area contributed by atoms with Crippen LogP contribution in [-0.4, -0.2) is 47.5 Å². The average Bonchev–Trinajstić information content (AvgIpc) is 2.47. The Balaban J connectivity index is 2.30. The lowest BCUT2D eigenvalue weighted by Gasteiger charge is -2.41. The van der Waals surface area contributed by atoms with Gasteiger partial charge in [-0.1, -0.05) is 6.92 Å². The first-order valence-corrected chi connectivity index (χ1v) is 6.56. The van der Waals surface area contributed by atoms with Gasteiger partial charge in [0.15, 0.2) is 11.6 Å². The predicted octanol–water partition coefficient (Wildman–Crippen LogP) is 1.90. The highest BCUT2D eigenvalue weighted by atomic mass is 19.1. The van der Waals surface area contributed by atoms with E-state index in [1.54, 1.807) is 0 Å². The number of Topliss-reactive ketones (excluding diaryl/α,β-unsaturated/α-hetero) is 1. The van der Waals surface area contributed by atoms with Crippen LogP contribution in [-0.2, 0) is 4.74 Å². The van der Waals surface area contributed by atoms with Crippen molar-refractivity contribution >= 4 is 5.78 Å². The molecule has 1 saturated heterocycles. The van der Waals surface area contributed by atoms with Gasteiger partial charge in [-0.15, -0.1) is 0 Å². The Morgan fingerprint density at radius 3 is 2.79 bits per heavy atom. The third-order valence-corrected chi connectivity index (χ3v) is 3.90. The maximum Gasteiger partial charge on any atom is 0.185 e. The van der Waals surface area contributed by atoms with Gasteiger partial charge in [0, 0.05) is 19.3 Å². The van der Waals surface area contributed by atoms with Crippen molar-refractivity contribution in [2.24, 2.45) is 0 Å². The van der Waals surface area contributed by atoms with Crippen molar-refractivity contribution < 1.29 is 13.9 Å². The molecule has 2 heterocycles. The Labute approximate surface area is 112 Å². The number of hydrogen-bond donors (Lipinski definition) is 0. The van der Waals surface area contributed by atoms with Crippen LogP contribution in [0.1, 0.15) is 30.6 Å². The number of ether oxygens (including phenoxy) is 1. The molecule has 0 aromatic carbocycles. The molecule has 19 heavy (non-hydrogen) atoms. The number of morpholine rings is 1. The Morgan fingerprint density at radius 2 is 2.21 bits per heavy atom. The third-order valence-electron chi connectivity index (χ3n) is 3.90. The molecule has 1 aliphatic rings. The number of ketones is 1. The van der Waals surface area contributed by atoms with E-state index in [2.05, 4.69) is 9.88 Å². The molecular weight excluding hydrogens is 247 g/mol. The van der Waals surface area contributed by atoms with Crippen LogP contribution < -0.4 is 0 Å². The van der Waals surface area contributed by atoms with E-state index in [0.717, 1.165) is 6.20 Å². The molecule has 4 nitrogen and oxygen atoms in total. The second-order valence-corrected chi connectivity index (χ2v) is 4.91. The molecule has 2 rings (SSSR count). The summed E-state index contributed by atoms with van der Waals surface area (Å²) in [7, 11) is 0. The van der Waals surface area contributed by atoms with Crippen LogP contribution in [0.2, 0.25) is 0 Å². The van der Waals surface area contributed by atoms with Crippen LogP contribution in [0, 0.1) is 5.82 Å². The van der Waals surface area contributed by atoms with E-state index in [-0.39, 0.29) is 11.3 Å². The number of hydrogen-bond acceptors (Lipinski definition) is 4. The standard InChI is InChI=1S/C14H19FN2O2/c1-3-14(2,17-6-8-19-9-7-17)13(18)11-4-5-16-10-12(11)15/h4-5,10H,3,6-9H2,1-2H3. The molecule has 0 bridgehead atoms. The summed E-state index contributed by atoms with van der Waals surface area (Å²) in [6, 6.07) is 1.45. The lowest BCUT2D eigenvalue weighted by Crippen LogP contribution is -2.56. The Kier molecular flexibility index (Phi) is 4.27. The monoisotopic (exact) mass is 266 g/mol. The van der Waals surface area contributed by atoms with Gasteiger partial charge < -0.3 is 4.74 Å². The Bertz CT molecular complexity index is 461. The molecule has 1 aromatic heterocycles. The Hall–Kier alpha value is -1.33. The first kappa shape index (κ1) is 14.1. The van der Waals surface area contributed by atoms with Crippen LogP contribution in [0.15, 0.2) is 18.5 Å². The molecule has 1 fully saturated rings. The summed E-state index contributed by atoms with van der Waals surface area (Å²) in [5.41, 5.74) is -0.572. The second-order valence-electron chi connectivity index (χ2n) is 4.91. The summed E-state index contributed by atoms with van der Waals surface area (Å²) in [5, 5.41) is 0. The smallest absolute Gasteiger partial charge is 0.185 e. The van der Waals surface area contributed by atoms with E-state index in [1.807, 2.05) is 13.8 Å². The highest BCUT2D eigenvalue weighted by Gasteiger charge is 2.39. The lowest BCUT2D eigenvalue weighted by molar-refractivity contribution is -0.0107. The zero-order valence-electron chi connectivity index (χ0n) is 11.4. The van der Waals surface area contributed by atoms with Crippen molar-refractivity contribution in [3.63, 3.8) is 0 Å². The molecule has 0 radical (unpaired) electrons. The van der Waals surface area contributed by atoms with Gasteiger partial charge in [-0.3, -0.25) is 14.7 Å². The minimum absolute atomic E-state index is 0.117. The van der Waals surface area contributed by atoms with Crippen LogP contribution in [0.4, 0.5) is 4.39 Å². The van der Waals surface area contributed by atoms with Gasteiger partial charge in [0.05, 0.1) is 30.5 Å². The summed E-state index contributed by atoms with van der Waals surface area (Å²) in [6.07, 6.45) is 3.17. The average molecular weight is 266 g/mol. The number of nitrogens with zero attached hydrogens (tertiary/aromatic N) is 2. The van der Waals surface area contributed by atoms with Crippen LogP contribution in [0.3, 0.4) is 0 Å². The van der Waals surface area contributed by atoms with Gasteiger partial charge in [0.2, 0.25) is 0 Å². The van der Waals surface area contributed by atoms with E-state index in [9.17, 15) is 9.18 Å². The SMILES string of the molecule is CCC(C)(C(=O)c1ccncc1F)N1CCOCC1.